The van der Waals surface area contributed by atoms with Gasteiger partial charge in [-0.25, -0.2) is 0 Å². The number of hydrogen-bond acceptors (Lipinski definition) is 5. The Balaban J connectivity index is 0.00000144. The van der Waals surface area contributed by atoms with Gasteiger partial charge in [0.15, 0.2) is 0 Å². The molecule has 3 rings (SSSR count). The van der Waals surface area contributed by atoms with E-state index in [0.29, 0.717) is 0 Å². The van der Waals surface area contributed by atoms with E-state index in [-0.39, 0.29) is 58.9 Å². The maximum atomic E-state index is 6.01. The molecule has 2 heterocycles. The van der Waals surface area contributed by atoms with Crippen LogP contribution in [0.5, 0.6) is 0 Å². The van der Waals surface area contributed by atoms with Crippen molar-refractivity contribution in [2.75, 3.05) is 0 Å². The summed E-state index contributed by atoms with van der Waals surface area (Å²) in [5, 5.41) is 8.03. The molecule has 2 aromatic rings. The van der Waals surface area contributed by atoms with E-state index in [9.17, 15) is 0 Å². The number of nitrogens with zero attached hydrogens (tertiary/aromatic N) is 4. The van der Waals surface area contributed by atoms with Gasteiger partial charge in [-0.05, 0) is 25.0 Å². The van der Waals surface area contributed by atoms with Crippen molar-refractivity contribution in [3.05, 3.63) is 36.9 Å². The van der Waals surface area contributed by atoms with E-state index in [1.807, 2.05) is 0 Å². The van der Waals surface area contributed by atoms with Gasteiger partial charge in [0.25, 0.3) is 0 Å². The Morgan fingerprint density at radius 3 is 1.87 bits per heavy atom. The quantitative estimate of drug-likeness (QED) is 0.621. The van der Waals surface area contributed by atoms with Crippen LogP contribution in [0.3, 0.4) is 0 Å². The molecule has 9 heteroatoms. The minimum absolute atomic E-state index is 0. The summed E-state index contributed by atoms with van der Waals surface area (Å²) in [7, 11) is -0.885. The van der Waals surface area contributed by atoms with Crippen molar-refractivity contribution in [3.63, 3.8) is 0 Å². The van der Waals surface area contributed by atoms with Gasteiger partial charge in [0.1, 0.15) is 0 Å². The van der Waals surface area contributed by atoms with Gasteiger partial charge in [-0.15, -0.1) is 19.9 Å². The average Bonchev–Trinajstić information content (AvgIpc) is 3.15. The van der Waals surface area contributed by atoms with Gasteiger partial charge in [0.2, 0.25) is 0 Å². The number of rotatable bonds is 6. The first-order valence-corrected chi connectivity index (χ1v) is 7.89. The third-order valence-electron chi connectivity index (χ3n) is 3.70. The van der Waals surface area contributed by atoms with E-state index in [4.69, 9.17) is 14.2 Å². The van der Waals surface area contributed by atoms with Gasteiger partial charge in [-0.3, -0.25) is 0 Å². The number of hydrogen-bond donors (Lipinski definition) is 0. The molecule has 0 N–H and O–H groups in total. The van der Waals surface area contributed by atoms with Crippen molar-refractivity contribution in [2.45, 2.75) is 51.0 Å². The van der Waals surface area contributed by atoms with Gasteiger partial charge in [-0.2, -0.15) is 0 Å². The van der Waals surface area contributed by atoms with Crippen LogP contribution < -0.4 is 60.9 Å². The molecule has 0 radical (unpaired) electrons. The second-order valence-corrected chi connectivity index (χ2v) is 5.42. The SMILES string of the molecule is [H-].[K+].c1cnn(OB(OC2CCCCCCC2)On2cccn2)c1. The zero-order valence-electron chi connectivity index (χ0n) is 14.6. The predicted octanol–water partition coefficient (Wildman–Crippen LogP) is -1.13. The van der Waals surface area contributed by atoms with Crippen molar-refractivity contribution in [3.8, 4) is 0 Å². The average molecular weight is 344 g/mol. The van der Waals surface area contributed by atoms with Crippen LogP contribution in [0.4, 0.5) is 0 Å². The summed E-state index contributed by atoms with van der Waals surface area (Å²) >= 11 is 0. The second kappa shape index (κ2) is 10.5. The van der Waals surface area contributed by atoms with Crippen LogP contribution >= 0.6 is 0 Å². The van der Waals surface area contributed by atoms with Crippen LogP contribution in [-0.4, -0.2) is 33.3 Å². The van der Waals surface area contributed by atoms with Gasteiger partial charge in [-0.1, -0.05) is 32.1 Å². The van der Waals surface area contributed by atoms with Crippen LogP contribution in [0.25, 0.3) is 0 Å². The molecule has 0 amide bonds. The van der Waals surface area contributed by atoms with E-state index < -0.39 is 7.32 Å². The Kier molecular flexibility index (Phi) is 8.70. The Labute approximate surface area is 180 Å². The molecule has 7 nitrogen and oxygen atoms in total. The normalized spacial score (nSPS) is 16.0. The van der Waals surface area contributed by atoms with Crippen molar-refractivity contribution in [1.82, 2.24) is 19.9 Å². The van der Waals surface area contributed by atoms with Gasteiger partial charge in [0, 0.05) is 6.10 Å². The largest absolute Gasteiger partial charge is 1.00 e. The molecule has 2 aromatic heterocycles. The predicted molar refractivity (Wildman–Crippen MR) is 81.7 cm³/mol. The van der Waals surface area contributed by atoms with Crippen molar-refractivity contribution >= 4 is 7.32 Å². The summed E-state index contributed by atoms with van der Waals surface area (Å²) in [5.41, 5.74) is 0. The van der Waals surface area contributed by atoms with E-state index >= 15 is 0 Å². The minimum atomic E-state index is -0.885. The van der Waals surface area contributed by atoms with Crippen LogP contribution in [0.1, 0.15) is 46.4 Å². The molecular formula is C14H22BKN4O3. The molecule has 0 aliphatic heterocycles. The first-order chi connectivity index (χ1) is 10.9. The van der Waals surface area contributed by atoms with Crippen LogP contribution in [-0.2, 0) is 4.65 Å². The Morgan fingerprint density at radius 1 is 0.870 bits per heavy atom. The molecule has 0 bridgehead atoms. The Hall–Kier alpha value is -0.319. The molecule has 23 heavy (non-hydrogen) atoms. The van der Waals surface area contributed by atoms with Crippen LogP contribution in [0, 0.1) is 0 Å². The first kappa shape index (κ1) is 19.0. The fraction of sp³-hybridized carbons (Fsp3) is 0.571. The topological polar surface area (TPSA) is 63.3 Å². The van der Waals surface area contributed by atoms with Crippen LogP contribution in [0.15, 0.2) is 36.9 Å². The van der Waals surface area contributed by atoms with Gasteiger partial charge in [0.05, 0.1) is 24.8 Å². The summed E-state index contributed by atoms with van der Waals surface area (Å²) in [6.07, 6.45) is 15.1. The molecule has 1 saturated carbocycles. The summed E-state index contributed by atoms with van der Waals surface area (Å²) in [6.45, 7) is 0. The van der Waals surface area contributed by atoms with E-state index in [1.165, 1.54) is 41.8 Å². The summed E-state index contributed by atoms with van der Waals surface area (Å²) < 4.78 is 17.2. The molecule has 1 aliphatic carbocycles. The standard InChI is InChI=1S/C14H21BN4O3.K.H/c1-2-4-8-14(9-5-3-1)20-15(21-18-12-6-10-16-18)22-19-13-7-11-17-19;;/h6-7,10-14H,1-5,8-9H2;;/q;+1;-1. The van der Waals surface area contributed by atoms with Crippen molar-refractivity contribution < 1.29 is 67.0 Å². The molecule has 1 aliphatic rings. The molecule has 0 spiro atoms. The third-order valence-corrected chi connectivity index (χ3v) is 3.70. The molecule has 0 saturated heterocycles. The molecule has 0 aromatic carbocycles. The van der Waals surface area contributed by atoms with Crippen molar-refractivity contribution in [2.24, 2.45) is 0 Å². The fourth-order valence-electron chi connectivity index (χ4n) is 2.59. The molecular weight excluding hydrogens is 322 g/mol. The van der Waals surface area contributed by atoms with Gasteiger partial charge < -0.3 is 15.6 Å². The maximum Gasteiger partial charge on any atom is 1.00 e. The van der Waals surface area contributed by atoms with E-state index in [2.05, 4.69) is 10.2 Å². The van der Waals surface area contributed by atoms with Crippen molar-refractivity contribution in [1.29, 1.82) is 0 Å². The Morgan fingerprint density at radius 2 is 1.39 bits per heavy atom. The Bertz CT molecular complexity index is 488. The van der Waals surface area contributed by atoms with Gasteiger partial charge >= 0.3 is 58.7 Å². The monoisotopic (exact) mass is 344 g/mol. The molecule has 0 unspecified atom stereocenters. The summed E-state index contributed by atoms with van der Waals surface area (Å²) in [4.78, 5) is 2.66. The minimum Gasteiger partial charge on any atom is -1.00 e. The zero-order chi connectivity index (χ0) is 15.0. The maximum absolute atomic E-state index is 6.01. The summed E-state index contributed by atoms with van der Waals surface area (Å²) in [6, 6.07) is 3.56. The first-order valence-electron chi connectivity index (χ1n) is 7.89. The molecule has 120 valence electrons. The van der Waals surface area contributed by atoms with Crippen LogP contribution in [0.2, 0.25) is 0 Å². The zero-order valence-corrected chi connectivity index (χ0v) is 16.7. The number of aromatic nitrogens is 4. The van der Waals surface area contributed by atoms with E-state index in [0.717, 1.165) is 12.8 Å². The molecule has 0 atom stereocenters. The van der Waals surface area contributed by atoms with E-state index in [1.54, 1.807) is 36.9 Å². The molecule has 1 fully saturated rings. The fourth-order valence-corrected chi connectivity index (χ4v) is 2.59. The smallest absolute Gasteiger partial charge is 1.00 e. The second-order valence-electron chi connectivity index (χ2n) is 5.42. The summed E-state index contributed by atoms with van der Waals surface area (Å²) in [5.74, 6) is 0. The third kappa shape index (κ3) is 6.60.